The molecule has 35 heavy (non-hydrogen) atoms. The first-order valence-electron chi connectivity index (χ1n) is 12.3. The van der Waals surface area contributed by atoms with Gasteiger partial charge in [-0.3, -0.25) is 9.69 Å². The summed E-state index contributed by atoms with van der Waals surface area (Å²) in [6.45, 7) is 5.61. The third-order valence-electron chi connectivity index (χ3n) is 6.92. The first-order chi connectivity index (χ1) is 17.0. The molecule has 0 spiro atoms. The number of hydrogen-bond donors (Lipinski definition) is 1. The lowest BCUT2D eigenvalue weighted by molar-refractivity contribution is 0.124. The summed E-state index contributed by atoms with van der Waals surface area (Å²) in [6, 6.07) is 12.2. The Morgan fingerprint density at radius 2 is 2.03 bits per heavy atom. The zero-order chi connectivity index (χ0) is 24.4. The maximum absolute atomic E-state index is 13.1. The highest BCUT2D eigenvalue weighted by Gasteiger charge is 2.32. The average Bonchev–Trinajstić information content (AvgIpc) is 3.62. The van der Waals surface area contributed by atoms with Crippen LogP contribution in [0.3, 0.4) is 0 Å². The summed E-state index contributed by atoms with van der Waals surface area (Å²) in [5.41, 5.74) is 1.44. The van der Waals surface area contributed by atoms with E-state index < -0.39 is 0 Å². The van der Waals surface area contributed by atoms with E-state index in [1.54, 1.807) is 18.4 Å². The number of aromatic amines is 1. The number of pyridine rings is 1. The molecule has 1 fully saturated rings. The number of benzene rings is 1. The van der Waals surface area contributed by atoms with Crippen molar-refractivity contribution in [1.82, 2.24) is 30.1 Å². The number of hydrogen-bond acceptors (Lipinski definition) is 7. The molecule has 0 unspecified atom stereocenters. The molecule has 0 bridgehead atoms. The lowest BCUT2D eigenvalue weighted by Gasteiger charge is -2.33. The molecule has 184 valence electrons. The standard InChI is InChI=1S/C26H32N6O2S/c1-17(2)24(25-28-29-30-32(25)20-7-4-5-8-20)31(16-22-9-6-12-35-22)15-19-13-18-14-21(34-3)10-11-23(18)27-26(19)33/h6,9-14,17,20,24H,4-5,7-8,15-16H2,1-3H3,(H,27,33)/t24-/m0/s1. The van der Waals surface area contributed by atoms with Crippen LogP contribution < -0.4 is 10.3 Å². The van der Waals surface area contributed by atoms with Gasteiger partial charge in [-0.2, -0.15) is 0 Å². The number of fused-ring (bicyclic) bond motifs is 1. The second-order valence-corrected chi connectivity index (χ2v) is 10.7. The third kappa shape index (κ3) is 5.01. The van der Waals surface area contributed by atoms with E-state index in [2.05, 4.69) is 61.5 Å². The summed E-state index contributed by atoms with van der Waals surface area (Å²) in [5, 5.41) is 16.1. The summed E-state index contributed by atoms with van der Waals surface area (Å²) in [6.07, 6.45) is 4.65. The SMILES string of the molecule is COc1ccc2[nH]c(=O)c(CN(Cc3cccs3)[C@H](c3nnnn3C3CCCC3)C(C)C)cc2c1. The van der Waals surface area contributed by atoms with E-state index in [-0.39, 0.29) is 17.5 Å². The van der Waals surface area contributed by atoms with Gasteiger partial charge in [0.05, 0.1) is 19.2 Å². The number of methoxy groups -OCH3 is 1. The number of H-pyrrole nitrogens is 1. The van der Waals surface area contributed by atoms with E-state index >= 15 is 0 Å². The lowest BCUT2D eigenvalue weighted by atomic mass is 9.99. The number of aromatic nitrogens is 5. The second kappa shape index (κ2) is 10.3. The molecule has 3 heterocycles. The number of nitrogens with zero attached hydrogens (tertiary/aromatic N) is 5. The first-order valence-corrected chi connectivity index (χ1v) is 13.2. The smallest absolute Gasteiger partial charge is 0.252 e. The maximum Gasteiger partial charge on any atom is 0.252 e. The van der Waals surface area contributed by atoms with Crippen LogP contribution in [0.2, 0.25) is 0 Å². The molecule has 5 rings (SSSR count). The van der Waals surface area contributed by atoms with Gasteiger partial charge in [0.1, 0.15) is 5.75 Å². The van der Waals surface area contributed by atoms with Gasteiger partial charge >= 0.3 is 0 Å². The fourth-order valence-electron chi connectivity index (χ4n) is 5.24. The predicted octanol–water partition coefficient (Wildman–Crippen LogP) is 5.10. The van der Waals surface area contributed by atoms with E-state index in [4.69, 9.17) is 4.74 Å². The maximum atomic E-state index is 13.1. The van der Waals surface area contributed by atoms with Crippen molar-refractivity contribution in [1.29, 1.82) is 0 Å². The predicted molar refractivity (Wildman–Crippen MR) is 138 cm³/mol. The molecular weight excluding hydrogens is 460 g/mol. The molecule has 1 atom stereocenters. The number of thiophene rings is 1. The van der Waals surface area contributed by atoms with Crippen LogP contribution in [0.1, 0.15) is 67.9 Å². The number of rotatable bonds is 9. The lowest BCUT2D eigenvalue weighted by Crippen LogP contribution is -2.35. The Kier molecular flexibility index (Phi) is 6.97. The summed E-state index contributed by atoms with van der Waals surface area (Å²) in [7, 11) is 1.65. The Balaban J connectivity index is 1.55. The third-order valence-corrected chi connectivity index (χ3v) is 7.78. The fourth-order valence-corrected chi connectivity index (χ4v) is 5.97. The molecule has 1 aromatic carbocycles. The number of nitrogens with one attached hydrogen (secondary N) is 1. The summed E-state index contributed by atoms with van der Waals surface area (Å²) in [5.74, 6) is 1.91. The molecule has 0 aliphatic heterocycles. The van der Waals surface area contributed by atoms with Crippen molar-refractivity contribution in [2.45, 2.75) is 64.7 Å². The molecule has 4 aromatic rings. The number of ether oxygens (including phenoxy) is 1. The van der Waals surface area contributed by atoms with Crippen molar-refractivity contribution in [2.75, 3.05) is 7.11 Å². The molecule has 3 aromatic heterocycles. The molecular formula is C26H32N6O2S. The Morgan fingerprint density at radius 1 is 1.20 bits per heavy atom. The van der Waals surface area contributed by atoms with Gasteiger partial charge in [0, 0.05) is 34.4 Å². The van der Waals surface area contributed by atoms with Crippen LogP contribution in [0.5, 0.6) is 5.75 Å². The normalized spacial score (nSPS) is 15.5. The highest BCUT2D eigenvalue weighted by atomic mass is 32.1. The quantitative estimate of drug-likeness (QED) is 0.350. The van der Waals surface area contributed by atoms with Gasteiger partial charge < -0.3 is 9.72 Å². The van der Waals surface area contributed by atoms with Gasteiger partial charge in [0.25, 0.3) is 5.56 Å². The Morgan fingerprint density at radius 3 is 2.74 bits per heavy atom. The molecule has 8 nitrogen and oxygen atoms in total. The Hall–Kier alpha value is -3.04. The van der Waals surface area contributed by atoms with E-state index in [9.17, 15) is 4.79 Å². The van der Waals surface area contributed by atoms with E-state index in [0.717, 1.165) is 35.3 Å². The van der Waals surface area contributed by atoms with Gasteiger partial charge in [-0.05, 0) is 64.9 Å². The van der Waals surface area contributed by atoms with Crippen LogP contribution >= 0.6 is 11.3 Å². The van der Waals surface area contributed by atoms with Crippen molar-refractivity contribution in [3.8, 4) is 5.75 Å². The van der Waals surface area contributed by atoms with Crippen LogP contribution in [0.4, 0.5) is 0 Å². The zero-order valence-corrected chi connectivity index (χ0v) is 21.3. The molecule has 0 amide bonds. The van der Waals surface area contributed by atoms with Gasteiger partial charge in [-0.25, -0.2) is 4.68 Å². The molecule has 1 aliphatic carbocycles. The molecule has 1 N–H and O–H groups in total. The molecule has 1 aliphatic rings. The summed E-state index contributed by atoms with van der Waals surface area (Å²) in [4.78, 5) is 19.8. The summed E-state index contributed by atoms with van der Waals surface area (Å²) >= 11 is 1.73. The molecule has 0 radical (unpaired) electrons. The minimum absolute atomic E-state index is 0.0342. The first kappa shape index (κ1) is 23.7. The van der Waals surface area contributed by atoms with E-state index in [1.165, 1.54) is 17.7 Å². The average molecular weight is 493 g/mol. The monoisotopic (exact) mass is 492 g/mol. The highest BCUT2D eigenvalue weighted by Crippen LogP contribution is 2.35. The van der Waals surface area contributed by atoms with Gasteiger partial charge in [0.2, 0.25) is 0 Å². The van der Waals surface area contributed by atoms with Crippen LogP contribution in [0.25, 0.3) is 10.9 Å². The van der Waals surface area contributed by atoms with Crippen molar-refractivity contribution < 1.29 is 4.74 Å². The molecule has 0 saturated heterocycles. The second-order valence-electron chi connectivity index (χ2n) is 9.67. The van der Waals surface area contributed by atoms with Crippen molar-refractivity contribution in [2.24, 2.45) is 5.92 Å². The Bertz CT molecular complexity index is 1320. The fraction of sp³-hybridized carbons (Fsp3) is 0.462. The van der Waals surface area contributed by atoms with Crippen LogP contribution in [-0.2, 0) is 13.1 Å². The van der Waals surface area contributed by atoms with Gasteiger partial charge in [-0.15, -0.1) is 16.4 Å². The minimum Gasteiger partial charge on any atom is -0.497 e. The summed E-state index contributed by atoms with van der Waals surface area (Å²) < 4.78 is 7.45. The van der Waals surface area contributed by atoms with Gasteiger partial charge in [-0.1, -0.05) is 32.8 Å². The molecule has 1 saturated carbocycles. The van der Waals surface area contributed by atoms with Crippen molar-refractivity contribution in [3.05, 3.63) is 68.4 Å². The topological polar surface area (TPSA) is 88.9 Å². The van der Waals surface area contributed by atoms with Crippen LogP contribution in [0.15, 0.2) is 46.6 Å². The Labute approximate surface area is 208 Å². The largest absolute Gasteiger partial charge is 0.497 e. The van der Waals surface area contributed by atoms with E-state index in [1.807, 2.05) is 24.3 Å². The van der Waals surface area contributed by atoms with Crippen LogP contribution in [0, 0.1) is 5.92 Å². The van der Waals surface area contributed by atoms with Crippen molar-refractivity contribution >= 4 is 22.2 Å². The van der Waals surface area contributed by atoms with Crippen LogP contribution in [-0.4, -0.2) is 37.2 Å². The van der Waals surface area contributed by atoms with Crippen molar-refractivity contribution in [3.63, 3.8) is 0 Å². The molecule has 9 heteroatoms. The van der Waals surface area contributed by atoms with E-state index in [0.29, 0.717) is 24.7 Å². The number of tetrazole rings is 1. The zero-order valence-electron chi connectivity index (χ0n) is 20.5. The highest BCUT2D eigenvalue weighted by molar-refractivity contribution is 7.09. The minimum atomic E-state index is -0.0725. The van der Waals surface area contributed by atoms with Gasteiger partial charge in [0.15, 0.2) is 5.82 Å².